The smallest absolute Gasteiger partial charge is 0.328 e. The molecule has 0 saturated carbocycles. The number of hydrogen-bond acceptors (Lipinski definition) is 4. The number of fused-ring (bicyclic) bond motifs is 1. The lowest BCUT2D eigenvalue weighted by Gasteiger charge is -2.05. The van der Waals surface area contributed by atoms with Crippen molar-refractivity contribution in [2.24, 2.45) is 0 Å². The second-order valence-electron chi connectivity index (χ2n) is 4.88. The minimum atomic E-state index is -1.08. The van der Waals surface area contributed by atoms with Gasteiger partial charge in [-0.2, -0.15) is 0 Å². The predicted molar refractivity (Wildman–Crippen MR) is 86.1 cm³/mol. The molecular weight excluding hydrogens is 296 g/mol. The molecule has 3 aromatic rings. The number of aliphatic carboxylic acids is 1. The van der Waals surface area contributed by atoms with E-state index in [1.54, 1.807) is 30.3 Å². The standard InChI is InChI=1S/C17H12N2O4/c20-12-7-4-11(5-8-12)16-18-15-10(6-9-14(21)22)2-1-3-13(15)17(23)19-16/h1-9,20H,(H,21,22)(H,18,19,23)/b9-6+. The van der Waals surface area contributed by atoms with Crippen molar-refractivity contribution in [1.82, 2.24) is 9.97 Å². The lowest BCUT2D eigenvalue weighted by atomic mass is 10.1. The number of H-pyrrole nitrogens is 1. The lowest BCUT2D eigenvalue weighted by Crippen LogP contribution is -2.10. The molecule has 0 aliphatic carbocycles. The molecule has 6 nitrogen and oxygen atoms in total. The summed E-state index contributed by atoms with van der Waals surface area (Å²) in [6, 6.07) is 11.2. The van der Waals surface area contributed by atoms with E-state index in [1.165, 1.54) is 18.2 Å². The highest BCUT2D eigenvalue weighted by Crippen LogP contribution is 2.21. The quantitative estimate of drug-likeness (QED) is 0.645. The number of benzene rings is 2. The minimum absolute atomic E-state index is 0.113. The van der Waals surface area contributed by atoms with E-state index in [4.69, 9.17) is 5.11 Å². The number of nitrogens with zero attached hydrogens (tertiary/aromatic N) is 1. The summed E-state index contributed by atoms with van der Waals surface area (Å²) in [4.78, 5) is 30.1. The van der Waals surface area contributed by atoms with Crippen LogP contribution >= 0.6 is 0 Å². The maximum atomic E-state index is 12.2. The van der Waals surface area contributed by atoms with Gasteiger partial charge in [0.1, 0.15) is 11.6 Å². The van der Waals surface area contributed by atoms with E-state index in [1.807, 2.05) is 0 Å². The number of hydrogen-bond donors (Lipinski definition) is 3. The summed E-state index contributed by atoms with van der Waals surface area (Å²) in [6.07, 6.45) is 2.40. The molecule has 3 rings (SSSR count). The average molecular weight is 308 g/mol. The molecule has 2 aromatic carbocycles. The molecule has 3 N–H and O–H groups in total. The molecule has 0 atom stereocenters. The van der Waals surface area contributed by atoms with E-state index >= 15 is 0 Å². The molecule has 0 aliphatic heterocycles. The number of para-hydroxylation sites is 1. The number of aromatic hydroxyl groups is 1. The van der Waals surface area contributed by atoms with Crippen LogP contribution in [0.5, 0.6) is 5.75 Å². The van der Waals surface area contributed by atoms with Gasteiger partial charge in [0.15, 0.2) is 0 Å². The lowest BCUT2D eigenvalue weighted by molar-refractivity contribution is -0.131. The van der Waals surface area contributed by atoms with Gasteiger partial charge >= 0.3 is 5.97 Å². The molecule has 0 spiro atoms. The Morgan fingerprint density at radius 3 is 2.57 bits per heavy atom. The fraction of sp³-hybridized carbons (Fsp3) is 0. The first-order valence-electron chi connectivity index (χ1n) is 6.78. The van der Waals surface area contributed by atoms with Gasteiger partial charge in [-0.3, -0.25) is 4.79 Å². The molecule has 0 amide bonds. The summed E-state index contributed by atoms with van der Waals surface area (Å²) in [5.41, 5.74) is 1.27. The van der Waals surface area contributed by atoms with E-state index in [0.717, 1.165) is 6.08 Å². The van der Waals surface area contributed by atoms with Crippen LogP contribution in [0.15, 0.2) is 53.3 Å². The topological polar surface area (TPSA) is 103 Å². The Morgan fingerprint density at radius 2 is 1.87 bits per heavy atom. The number of carbonyl (C=O) groups is 1. The maximum absolute atomic E-state index is 12.2. The van der Waals surface area contributed by atoms with Crippen molar-refractivity contribution in [3.05, 3.63) is 64.5 Å². The Balaban J connectivity index is 2.23. The third-order valence-corrected chi connectivity index (χ3v) is 3.31. The summed E-state index contributed by atoms with van der Waals surface area (Å²) in [6.45, 7) is 0. The van der Waals surface area contributed by atoms with Gasteiger partial charge in [-0.05, 0) is 36.4 Å². The Morgan fingerprint density at radius 1 is 1.13 bits per heavy atom. The van der Waals surface area contributed by atoms with Crippen molar-refractivity contribution in [3.63, 3.8) is 0 Å². The number of rotatable bonds is 3. The zero-order valence-corrected chi connectivity index (χ0v) is 11.9. The zero-order chi connectivity index (χ0) is 16.4. The number of carboxylic acids is 1. The van der Waals surface area contributed by atoms with Gasteiger partial charge in [0.05, 0.1) is 10.9 Å². The highest BCUT2D eigenvalue weighted by Gasteiger charge is 2.08. The number of aromatic amines is 1. The van der Waals surface area contributed by atoms with Gasteiger partial charge < -0.3 is 15.2 Å². The number of aromatic nitrogens is 2. The maximum Gasteiger partial charge on any atom is 0.328 e. The van der Waals surface area contributed by atoms with Crippen molar-refractivity contribution >= 4 is 22.9 Å². The molecule has 0 radical (unpaired) electrons. The van der Waals surface area contributed by atoms with E-state index in [2.05, 4.69) is 9.97 Å². The van der Waals surface area contributed by atoms with Gasteiger partial charge in [0.25, 0.3) is 5.56 Å². The molecule has 114 valence electrons. The van der Waals surface area contributed by atoms with Crippen LogP contribution in [0.2, 0.25) is 0 Å². The summed E-state index contributed by atoms with van der Waals surface area (Å²) < 4.78 is 0. The molecule has 0 bridgehead atoms. The van der Waals surface area contributed by atoms with Crippen molar-refractivity contribution in [2.75, 3.05) is 0 Å². The van der Waals surface area contributed by atoms with Gasteiger partial charge in [0.2, 0.25) is 0 Å². The van der Waals surface area contributed by atoms with Crippen molar-refractivity contribution in [2.45, 2.75) is 0 Å². The molecule has 0 fully saturated rings. The predicted octanol–water partition coefficient (Wildman–Crippen LogP) is 2.39. The SMILES string of the molecule is O=C(O)/C=C/c1cccc2c(=O)[nH]c(-c3ccc(O)cc3)nc12. The molecule has 23 heavy (non-hydrogen) atoms. The van der Waals surface area contributed by atoms with Crippen molar-refractivity contribution in [3.8, 4) is 17.1 Å². The molecule has 0 unspecified atom stereocenters. The van der Waals surface area contributed by atoms with E-state index < -0.39 is 5.97 Å². The van der Waals surface area contributed by atoms with Crippen LogP contribution in [0, 0.1) is 0 Å². The first-order chi connectivity index (χ1) is 11.0. The molecule has 0 saturated heterocycles. The summed E-state index contributed by atoms with van der Waals surface area (Å²) in [7, 11) is 0. The summed E-state index contributed by atoms with van der Waals surface area (Å²) in [5.74, 6) is -0.619. The van der Waals surface area contributed by atoms with Gasteiger partial charge in [0, 0.05) is 17.2 Å². The van der Waals surface area contributed by atoms with Crippen LogP contribution in [0.3, 0.4) is 0 Å². The largest absolute Gasteiger partial charge is 0.508 e. The van der Waals surface area contributed by atoms with Crippen LogP contribution in [-0.2, 0) is 4.79 Å². The third-order valence-electron chi connectivity index (χ3n) is 3.31. The van der Waals surface area contributed by atoms with Gasteiger partial charge in [-0.15, -0.1) is 0 Å². The first kappa shape index (κ1) is 14.5. The number of phenols is 1. The molecular formula is C17H12N2O4. The monoisotopic (exact) mass is 308 g/mol. The molecule has 6 heteroatoms. The van der Waals surface area contributed by atoms with E-state index in [0.29, 0.717) is 27.9 Å². The number of phenolic OH excluding ortho intramolecular Hbond substituents is 1. The van der Waals surface area contributed by atoms with Gasteiger partial charge in [-0.25, -0.2) is 9.78 Å². The second-order valence-corrected chi connectivity index (χ2v) is 4.88. The van der Waals surface area contributed by atoms with Crippen LogP contribution in [0.1, 0.15) is 5.56 Å². The number of carboxylic acid groups (broad SMARTS) is 1. The summed E-state index contributed by atoms with van der Waals surface area (Å²) in [5, 5.41) is 18.5. The Bertz CT molecular complexity index is 972. The van der Waals surface area contributed by atoms with Gasteiger partial charge in [-0.1, -0.05) is 12.1 Å². The van der Waals surface area contributed by atoms with Crippen molar-refractivity contribution in [1.29, 1.82) is 0 Å². The van der Waals surface area contributed by atoms with E-state index in [9.17, 15) is 14.7 Å². The normalized spacial score (nSPS) is 11.1. The molecule has 1 aromatic heterocycles. The second kappa shape index (κ2) is 5.76. The number of nitrogens with one attached hydrogen (secondary N) is 1. The third kappa shape index (κ3) is 2.96. The zero-order valence-electron chi connectivity index (χ0n) is 11.9. The molecule has 1 heterocycles. The van der Waals surface area contributed by atoms with Crippen LogP contribution in [-0.4, -0.2) is 26.2 Å². The first-order valence-corrected chi connectivity index (χ1v) is 6.78. The summed E-state index contributed by atoms with van der Waals surface area (Å²) >= 11 is 0. The molecule has 0 aliphatic rings. The highest BCUT2D eigenvalue weighted by atomic mass is 16.4. The van der Waals surface area contributed by atoms with Crippen LogP contribution < -0.4 is 5.56 Å². The average Bonchev–Trinajstić information content (AvgIpc) is 2.53. The Hall–Kier alpha value is -3.41. The fourth-order valence-electron chi connectivity index (χ4n) is 2.24. The Kier molecular flexibility index (Phi) is 3.64. The van der Waals surface area contributed by atoms with Crippen LogP contribution in [0.4, 0.5) is 0 Å². The highest BCUT2D eigenvalue weighted by molar-refractivity contribution is 5.92. The van der Waals surface area contributed by atoms with E-state index in [-0.39, 0.29) is 11.3 Å². The minimum Gasteiger partial charge on any atom is -0.508 e. The fourth-order valence-corrected chi connectivity index (χ4v) is 2.24. The van der Waals surface area contributed by atoms with Crippen LogP contribution in [0.25, 0.3) is 28.4 Å². The van der Waals surface area contributed by atoms with Crippen molar-refractivity contribution < 1.29 is 15.0 Å². The Labute approximate surface area is 130 Å².